The smallest absolute Gasteiger partial charge is 0.206 e. The van der Waals surface area contributed by atoms with Gasteiger partial charge in [0.25, 0.3) is 0 Å². The first kappa shape index (κ1) is 21.0. The highest BCUT2D eigenvalue weighted by Crippen LogP contribution is 2.36. The molecule has 3 rings (SSSR count). The van der Waals surface area contributed by atoms with Crippen LogP contribution in [-0.2, 0) is 0 Å². The Kier molecular flexibility index (Phi) is 6.32. The van der Waals surface area contributed by atoms with Crippen LogP contribution in [0, 0.1) is 0 Å². The van der Waals surface area contributed by atoms with E-state index in [0.29, 0.717) is 27.1 Å². The van der Waals surface area contributed by atoms with E-state index in [4.69, 9.17) is 23.2 Å². The van der Waals surface area contributed by atoms with Crippen molar-refractivity contribution in [3.63, 3.8) is 0 Å². The Morgan fingerprint density at radius 3 is 2.59 bits per heavy atom. The number of rotatable bonds is 5. The van der Waals surface area contributed by atoms with E-state index >= 15 is 0 Å². The van der Waals surface area contributed by atoms with E-state index in [1.54, 1.807) is 16.8 Å². The molecular weight excluding hydrogens is 433 g/mol. The Morgan fingerprint density at radius 2 is 1.90 bits per heavy atom. The molecule has 3 aromatic rings. The number of phenolic OH excluding ortho intramolecular Hbond substituents is 3. The monoisotopic (exact) mass is 449 g/mol. The average molecular weight is 450 g/mol. The molecule has 150 valence electrons. The second-order valence-corrected chi connectivity index (χ2v) is 7.88. The standard InChI is InChI=1S/C20H17Cl2N3O3S/c1-11(2)8-23-20-25(24-9-13-4-6-17(26)19(28)18(13)27)16(10-29-20)12-3-5-14(21)15(22)7-12/h3-7,9-10,26-28H,1,8H2,2H3. The van der Waals surface area contributed by atoms with Crippen LogP contribution < -0.4 is 4.80 Å². The molecule has 9 heteroatoms. The lowest BCUT2D eigenvalue weighted by molar-refractivity contribution is 0.367. The number of hydrogen-bond acceptors (Lipinski definition) is 6. The first-order valence-electron chi connectivity index (χ1n) is 8.37. The molecule has 0 saturated heterocycles. The lowest BCUT2D eigenvalue weighted by atomic mass is 10.2. The van der Waals surface area contributed by atoms with Gasteiger partial charge in [0.05, 0.1) is 28.5 Å². The zero-order chi connectivity index (χ0) is 21.1. The van der Waals surface area contributed by atoms with Crippen molar-refractivity contribution in [2.45, 2.75) is 6.92 Å². The minimum Gasteiger partial charge on any atom is -0.504 e. The van der Waals surface area contributed by atoms with Gasteiger partial charge in [-0.3, -0.25) is 4.99 Å². The maximum absolute atomic E-state index is 10.0. The Hall–Kier alpha value is -2.74. The van der Waals surface area contributed by atoms with Gasteiger partial charge in [-0.2, -0.15) is 5.10 Å². The molecule has 0 spiro atoms. The maximum atomic E-state index is 10.0. The fourth-order valence-electron chi connectivity index (χ4n) is 2.38. The van der Waals surface area contributed by atoms with Crippen molar-refractivity contribution < 1.29 is 15.3 Å². The lowest BCUT2D eigenvalue weighted by Crippen LogP contribution is -2.13. The van der Waals surface area contributed by atoms with Gasteiger partial charge in [0.1, 0.15) is 0 Å². The summed E-state index contributed by atoms with van der Waals surface area (Å²) in [6, 6.07) is 7.93. The number of halogens is 2. The van der Waals surface area contributed by atoms with E-state index in [1.165, 1.54) is 29.7 Å². The maximum Gasteiger partial charge on any atom is 0.206 e. The van der Waals surface area contributed by atoms with Crippen LogP contribution in [0.25, 0.3) is 11.3 Å². The zero-order valence-electron chi connectivity index (χ0n) is 15.3. The topological polar surface area (TPSA) is 90.3 Å². The van der Waals surface area contributed by atoms with Gasteiger partial charge in [-0.25, -0.2) is 4.68 Å². The number of benzene rings is 2. The van der Waals surface area contributed by atoms with Crippen molar-refractivity contribution in [3.05, 3.63) is 68.3 Å². The Morgan fingerprint density at radius 1 is 1.14 bits per heavy atom. The minimum atomic E-state index is -0.610. The molecule has 0 fully saturated rings. The molecule has 0 atom stereocenters. The molecule has 0 aliphatic rings. The molecule has 0 radical (unpaired) electrons. The van der Waals surface area contributed by atoms with Crippen molar-refractivity contribution in [1.29, 1.82) is 0 Å². The van der Waals surface area contributed by atoms with Crippen molar-refractivity contribution in [2.75, 3.05) is 6.54 Å². The zero-order valence-corrected chi connectivity index (χ0v) is 17.6. The van der Waals surface area contributed by atoms with Gasteiger partial charge in [0.2, 0.25) is 10.6 Å². The number of hydrogen-bond donors (Lipinski definition) is 3. The van der Waals surface area contributed by atoms with E-state index in [1.807, 2.05) is 18.4 Å². The lowest BCUT2D eigenvalue weighted by Gasteiger charge is -2.06. The molecule has 0 amide bonds. The summed E-state index contributed by atoms with van der Waals surface area (Å²) in [6.07, 6.45) is 1.36. The first-order chi connectivity index (χ1) is 13.8. The van der Waals surface area contributed by atoms with E-state index in [0.717, 1.165) is 11.1 Å². The van der Waals surface area contributed by atoms with Crippen LogP contribution in [0.4, 0.5) is 0 Å². The summed E-state index contributed by atoms with van der Waals surface area (Å²) in [7, 11) is 0. The van der Waals surface area contributed by atoms with Gasteiger partial charge in [0.15, 0.2) is 11.5 Å². The van der Waals surface area contributed by atoms with Crippen LogP contribution in [0.5, 0.6) is 17.2 Å². The molecule has 2 aromatic carbocycles. The fourth-order valence-corrected chi connectivity index (χ4v) is 3.52. The van der Waals surface area contributed by atoms with E-state index in [9.17, 15) is 15.3 Å². The van der Waals surface area contributed by atoms with E-state index in [-0.39, 0.29) is 5.56 Å². The second kappa shape index (κ2) is 8.73. The summed E-state index contributed by atoms with van der Waals surface area (Å²) < 4.78 is 1.59. The molecular formula is C20H17Cl2N3O3S. The molecule has 0 aliphatic carbocycles. The second-order valence-electron chi connectivity index (χ2n) is 6.23. The highest BCUT2D eigenvalue weighted by molar-refractivity contribution is 7.07. The first-order valence-corrected chi connectivity index (χ1v) is 10.0. The third kappa shape index (κ3) is 4.64. The van der Waals surface area contributed by atoms with Gasteiger partial charge in [-0.1, -0.05) is 41.4 Å². The Bertz CT molecular complexity index is 1180. The van der Waals surface area contributed by atoms with Crippen molar-refractivity contribution in [2.24, 2.45) is 10.1 Å². The van der Waals surface area contributed by atoms with Crippen LogP contribution in [-0.4, -0.2) is 32.8 Å². The van der Waals surface area contributed by atoms with E-state index < -0.39 is 17.2 Å². The summed E-state index contributed by atoms with van der Waals surface area (Å²) in [5.41, 5.74) is 2.62. The van der Waals surface area contributed by atoms with Crippen LogP contribution >= 0.6 is 34.5 Å². The molecule has 6 nitrogen and oxygen atoms in total. The van der Waals surface area contributed by atoms with Gasteiger partial charge in [-0.15, -0.1) is 11.3 Å². The Labute approximate surface area is 181 Å². The van der Waals surface area contributed by atoms with Gasteiger partial charge in [0, 0.05) is 16.5 Å². The normalized spacial score (nSPS) is 12.0. The summed E-state index contributed by atoms with van der Waals surface area (Å²) in [5, 5.41) is 36.4. The third-order valence-corrected chi connectivity index (χ3v) is 5.45. The summed E-state index contributed by atoms with van der Waals surface area (Å²) in [6.45, 7) is 6.17. The number of thiazole rings is 1. The van der Waals surface area contributed by atoms with E-state index in [2.05, 4.69) is 16.7 Å². The highest BCUT2D eigenvalue weighted by Gasteiger charge is 2.12. The molecule has 0 saturated carbocycles. The molecule has 1 heterocycles. The molecule has 0 bridgehead atoms. The van der Waals surface area contributed by atoms with Crippen molar-refractivity contribution in [3.8, 4) is 28.5 Å². The minimum absolute atomic E-state index is 0.227. The molecule has 1 aromatic heterocycles. The third-order valence-electron chi connectivity index (χ3n) is 3.86. The summed E-state index contributed by atoms with van der Waals surface area (Å²) in [4.78, 5) is 5.12. The number of aromatic hydroxyl groups is 3. The number of aromatic nitrogens is 1. The van der Waals surface area contributed by atoms with Crippen LogP contribution in [0.15, 0.2) is 58.0 Å². The van der Waals surface area contributed by atoms with Crippen LogP contribution in [0.1, 0.15) is 12.5 Å². The molecule has 0 aliphatic heterocycles. The molecule has 29 heavy (non-hydrogen) atoms. The average Bonchev–Trinajstić information content (AvgIpc) is 3.09. The quantitative estimate of drug-likeness (QED) is 0.290. The van der Waals surface area contributed by atoms with Crippen LogP contribution in [0.2, 0.25) is 10.0 Å². The predicted octanol–water partition coefficient (Wildman–Crippen LogP) is 5.00. The molecule has 0 unspecified atom stereocenters. The van der Waals surface area contributed by atoms with Gasteiger partial charge in [-0.05, 0) is 31.2 Å². The van der Waals surface area contributed by atoms with Gasteiger partial charge >= 0.3 is 0 Å². The highest BCUT2D eigenvalue weighted by atomic mass is 35.5. The van der Waals surface area contributed by atoms with Crippen molar-refractivity contribution in [1.82, 2.24) is 4.68 Å². The summed E-state index contributed by atoms with van der Waals surface area (Å²) in [5.74, 6) is -1.50. The van der Waals surface area contributed by atoms with Crippen molar-refractivity contribution >= 4 is 40.8 Å². The predicted molar refractivity (Wildman–Crippen MR) is 117 cm³/mol. The largest absolute Gasteiger partial charge is 0.504 e. The van der Waals surface area contributed by atoms with Crippen LogP contribution in [0.3, 0.4) is 0 Å². The molecule has 3 N–H and O–H groups in total. The fraction of sp³-hybridized carbons (Fsp3) is 0.100. The number of phenols is 3. The van der Waals surface area contributed by atoms with Gasteiger partial charge < -0.3 is 15.3 Å². The summed E-state index contributed by atoms with van der Waals surface area (Å²) >= 11 is 13.6. The SMILES string of the molecule is C=C(C)CN=c1scc(-c2ccc(Cl)c(Cl)c2)n1N=Cc1ccc(O)c(O)c1O. The Balaban J connectivity index is 2.13. The number of nitrogens with zero attached hydrogens (tertiary/aromatic N) is 3.